The highest BCUT2D eigenvalue weighted by Gasteiger charge is 2.15. The summed E-state index contributed by atoms with van der Waals surface area (Å²) in [6.07, 6.45) is 3.38. The van der Waals surface area contributed by atoms with E-state index in [1.165, 1.54) is 0 Å². The van der Waals surface area contributed by atoms with Gasteiger partial charge in [0.05, 0.1) is 24.6 Å². The molecule has 0 amide bonds. The second-order valence-electron chi connectivity index (χ2n) is 7.18. The fraction of sp³-hybridized carbons (Fsp3) is 0.500. The molecule has 2 rings (SSSR count). The summed E-state index contributed by atoms with van der Waals surface area (Å²) in [5.74, 6) is 0.0995. The van der Waals surface area contributed by atoms with Crippen LogP contribution in [-0.4, -0.2) is 67.4 Å². The third-order valence-corrected chi connectivity index (χ3v) is 4.92. The molecule has 0 fully saturated rings. The molecule has 2 aromatic rings. The van der Waals surface area contributed by atoms with Crippen LogP contribution in [0.2, 0.25) is 0 Å². The van der Waals surface area contributed by atoms with Gasteiger partial charge in [0.25, 0.3) is 0 Å². The summed E-state index contributed by atoms with van der Waals surface area (Å²) >= 11 is 0. The van der Waals surface area contributed by atoms with Crippen LogP contribution in [0.25, 0.3) is 0 Å². The van der Waals surface area contributed by atoms with Gasteiger partial charge in [0.2, 0.25) is 0 Å². The highest BCUT2D eigenvalue weighted by Crippen LogP contribution is 2.25. The number of pyridine rings is 2. The van der Waals surface area contributed by atoms with Crippen LogP contribution < -0.4 is 0 Å². The van der Waals surface area contributed by atoms with Gasteiger partial charge < -0.3 is 30.2 Å². The lowest BCUT2D eigenvalue weighted by Crippen LogP contribution is -2.31. The largest absolute Gasteiger partial charge is 0.506 e. The van der Waals surface area contributed by atoms with Gasteiger partial charge in [-0.3, -0.25) is 9.97 Å². The van der Waals surface area contributed by atoms with E-state index in [1.807, 2.05) is 14.1 Å². The molecule has 2 heterocycles. The maximum atomic E-state index is 10.1. The van der Waals surface area contributed by atoms with Gasteiger partial charge in [0, 0.05) is 49.7 Å². The number of likely N-dealkylation sites (N-methyl/N-ethyl adjacent to an activating group) is 2. The monoisotopic (exact) mass is 462 g/mol. The van der Waals surface area contributed by atoms with Gasteiger partial charge in [-0.2, -0.15) is 0 Å². The van der Waals surface area contributed by atoms with Gasteiger partial charge in [0.15, 0.2) is 0 Å². The van der Waals surface area contributed by atoms with Gasteiger partial charge in [-0.05, 0) is 39.1 Å². The van der Waals surface area contributed by atoms with E-state index >= 15 is 0 Å². The maximum Gasteiger partial charge on any atom is 0.142 e. The summed E-state index contributed by atoms with van der Waals surface area (Å²) in [5, 5.41) is 39.2. The molecular formula is C20H32Cl2N4O4. The van der Waals surface area contributed by atoms with Crippen LogP contribution in [0.1, 0.15) is 33.6 Å². The van der Waals surface area contributed by atoms with E-state index < -0.39 is 0 Å². The van der Waals surface area contributed by atoms with E-state index in [2.05, 4.69) is 19.8 Å². The molecule has 0 bridgehead atoms. The molecule has 0 aliphatic rings. The fourth-order valence-corrected chi connectivity index (χ4v) is 3.08. The Labute approximate surface area is 190 Å². The summed E-state index contributed by atoms with van der Waals surface area (Å²) in [6, 6.07) is 0. The van der Waals surface area contributed by atoms with Gasteiger partial charge in [-0.1, -0.05) is 0 Å². The number of aliphatic hydroxyl groups excluding tert-OH is 2. The number of nitrogens with zero attached hydrogens (tertiary/aromatic N) is 4. The van der Waals surface area contributed by atoms with Crippen LogP contribution >= 0.6 is 24.8 Å². The molecule has 0 spiro atoms. The number of rotatable bonds is 9. The molecule has 170 valence electrons. The van der Waals surface area contributed by atoms with Crippen molar-refractivity contribution < 1.29 is 20.4 Å². The highest BCUT2D eigenvalue weighted by molar-refractivity contribution is 5.85. The van der Waals surface area contributed by atoms with Gasteiger partial charge in [0.1, 0.15) is 11.5 Å². The predicted octanol–water partition coefficient (Wildman–Crippen LogP) is 1.90. The fourth-order valence-electron chi connectivity index (χ4n) is 3.08. The lowest BCUT2D eigenvalue weighted by atomic mass is 10.1. The van der Waals surface area contributed by atoms with Gasteiger partial charge in [-0.15, -0.1) is 24.8 Å². The summed E-state index contributed by atoms with van der Waals surface area (Å²) in [4.78, 5) is 12.5. The SMILES string of the molecule is Cc1ncc(CN(C)CCN(C)Cc2cnc(C)c(O)c2CO)c(CO)c1O.Cl.Cl. The molecule has 0 unspecified atom stereocenters. The van der Waals surface area contributed by atoms with E-state index in [4.69, 9.17) is 0 Å². The van der Waals surface area contributed by atoms with Crippen LogP contribution in [0.5, 0.6) is 11.5 Å². The Kier molecular flexibility index (Phi) is 12.2. The number of aliphatic hydroxyl groups is 2. The quantitative estimate of drug-likeness (QED) is 0.446. The van der Waals surface area contributed by atoms with Crippen LogP contribution in [0.3, 0.4) is 0 Å². The molecule has 0 aromatic carbocycles. The Hall–Kier alpha value is -1.68. The van der Waals surface area contributed by atoms with Gasteiger partial charge in [-0.25, -0.2) is 0 Å². The molecule has 0 saturated carbocycles. The normalized spacial score (nSPS) is 10.8. The zero-order valence-corrected chi connectivity index (χ0v) is 19.4. The minimum absolute atomic E-state index is 0. The van der Waals surface area contributed by atoms with E-state index in [1.54, 1.807) is 26.2 Å². The minimum atomic E-state index is -0.230. The first-order chi connectivity index (χ1) is 13.3. The summed E-state index contributed by atoms with van der Waals surface area (Å²) in [5.41, 5.74) is 3.63. The molecule has 4 N–H and O–H groups in total. The second-order valence-corrected chi connectivity index (χ2v) is 7.18. The standard InChI is InChI=1S/C20H30N4O4.2ClH/c1-13-19(27)17(11-25)15(7-21-13)9-23(3)5-6-24(4)10-16-8-22-14(2)20(28)18(16)12-26;;/h7-8,25-28H,5-6,9-12H2,1-4H3;2*1H. The zero-order chi connectivity index (χ0) is 20.8. The molecule has 8 nitrogen and oxygen atoms in total. The Morgan fingerprint density at radius 1 is 0.733 bits per heavy atom. The Morgan fingerprint density at radius 2 is 1.07 bits per heavy atom. The molecule has 0 aliphatic heterocycles. The Balaban J connectivity index is 0.00000420. The van der Waals surface area contributed by atoms with Crippen molar-refractivity contribution in [1.82, 2.24) is 19.8 Å². The first kappa shape index (κ1) is 28.3. The lowest BCUT2D eigenvalue weighted by molar-refractivity contribution is 0.237. The molecule has 30 heavy (non-hydrogen) atoms. The molecule has 0 radical (unpaired) electrons. The van der Waals surface area contributed by atoms with Crippen LogP contribution in [0.15, 0.2) is 12.4 Å². The Bertz CT molecular complexity index is 756. The molecule has 0 atom stereocenters. The van der Waals surface area contributed by atoms with Crippen molar-refractivity contribution in [3.05, 3.63) is 46.0 Å². The van der Waals surface area contributed by atoms with Crippen LogP contribution in [0.4, 0.5) is 0 Å². The molecule has 2 aromatic heterocycles. The van der Waals surface area contributed by atoms with Crippen molar-refractivity contribution in [3.63, 3.8) is 0 Å². The van der Waals surface area contributed by atoms with Crippen LogP contribution in [-0.2, 0) is 26.3 Å². The van der Waals surface area contributed by atoms with Crippen molar-refractivity contribution >= 4 is 24.8 Å². The van der Waals surface area contributed by atoms with Crippen LogP contribution in [0, 0.1) is 13.8 Å². The number of hydrogen-bond acceptors (Lipinski definition) is 8. The first-order valence-electron chi connectivity index (χ1n) is 9.19. The summed E-state index contributed by atoms with van der Waals surface area (Å²) in [7, 11) is 3.93. The van der Waals surface area contributed by atoms with E-state index in [-0.39, 0.29) is 49.5 Å². The Morgan fingerprint density at radius 3 is 1.37 bits per heavy atom. The first-order valence-corrected chi connectivity index (χ1v) is 9.19. The molecule has 0 saturated heterocycles. The third-order valence-electron chi connectivity index (χ3n) is 4.92. The number of aromatic hydroxyl groups is 2. The van der Waals surface area contributed by atoms with Gasteiger partial charge >= 0.3 is 0 Å². The minimum Gasteiger partial charge on any atom is -0.506 e. The summed E-state index contributed by atoms with van der Waals surface area (Å²) in [6.45, 7) is 5.55. The van der Waals surface area contributed by atoms with Crippen molar-refractivity contribution in [1.29, 1.82) is 0 Å². The number of halogens is 2. The number of aromatic nitrogens is 2. The number of aryl methyl sites for hydroxylation is 2. The van der Waals surface area contributed by atoms with E-state index in [9.17, 15) is 20.4 Å². The van der Waals surface area contributed by atoms with Crippen molar-refractivity contribution in [3.8, 4) is 11.5 Å². The average Bonchev–Trinajstić information content (AvgIpc) is 2.66. The topological polar surface area (TPSA) is 113 Å². The van der Waals surface area contributed by atoms with E-state index in [0.717, 1.165) is 24.2 Å². The molecule has 0 aliphatic carbocycles. The van der Waals surface area contributed by atoms with Crippen molar-refractivity contribution in [2.24, 2.45) is 0 Å². The van der Waals surface area contributed by atoms with Crippen molar-refractivity contribution in [2.45, 2.75) is 40.2 Å². The molecule has 10 heteroatoms. The summed E-state index contributed by atoms with van der Waals surface area (Å²) < 4.78 is 0. The maximum absolute atomic E-state index is 10.1. The molecular weight excluding hydrogens is 431 g/mol. The zero-order valence-electron chi connectivity index (χ0n) is 17.8. The smallest absolute Gasteiger partial charge is 0.142 e. The second kappa shape index (κ2) is 12.9. The van der Waals surface area contributed by atoms with Crippen molar-refractivity contribution in [2.75, 3.05) is 27.2 Å². The lowest BCUT2D eigenvalue weighted by Gasteiger charge is -2.24. The average molecular weight is 463 g/mol. The predicted molar refractivity (Wildman–Crippen MR) is 120 cm³/mol. The highest BCUT2D eigenvalue weighted by atomic mass is 35.5. The van der Waals surface area contributed by atoms with E-state index in [0.29, 0.717) is 35.6 Å². The third kappa shape index (κ3) is 6.94. The number of hydrogen-bond donors (Lipinski definition) is 4.